The van der Waals surface area contributed by atoms with E-state index in [9.17, 15) is 9.59 Å². The van der Waals surface area contributed by atoms with Gasteiger partial charge in [0, 0.05) is 5.57 Å². The van der Waals surface area contributed by atoms with E-state index in [1.165, 1.54) is 6.08 Å². The molecule has 0 aromatic heterocycles. The van der Waals surface area contributed by atoms with Crippen molar-refractivity contribution >= 4 is 23.5 Å². The Morgan fingerprint density at radius 1 is 1.43 bits per heavy atom. The van der Waals surface area contributed by atoms with Gasteiger partial charge in [0.25, 0.3) is 0 Å². The highest BCUT2D eigenvalue weighted by Crippen LogP contribution is 2.36. The minimum absolute atomic E-state index is 0.0349. The summed E-state index contributed by atoms with van der Waals surface area (Å²) in [6.45, 7) is 5.89. The molecule has 1 aliphatic heterocycles. The van der Waals surface area contributed by atoms with Crippen molar-refractivity contribution < 1.29 is 23.8 Å². The number of hydrogen-bond donors (Lipinski definition) is 1. The fourth-order valence-electron chi connectivity index (χ4n) is 2.27. The largest absolute Gasteiger partial charge is 0.491 e. The van der Waals surface area contributed by atoms with Gasteiger partial charge in [0.1, 0.15) is 24.9 Å². The van der Waals surface area contributed by atoms with Crippen LogP contribution in [-0.4, -0.2) is 37.3 Å². The van der Waals surface area contributed by atoms with Crippen molar-refractivity contribution in [1.29, 1.82) is 0 Å². The van der Waals surface area contributed by atoms with Crippen LogP contribution in [0.15, 0.2) is 39.3 Å². The molecule has 7 heteroatoms. The summed E-state index contributed by atoms with van der Waals surface area (Å²) < 4.78 is 16.2. The maximum Gasteiger partial charge on any atom is 0.339 e. The van der Waals surface area contributed by atoms with Gasteiger partial charge in [-0.05, 0) is 26.8 Å². The lowest BCUT2D eigenvalue weighted by molar-refractivity contribution is -0.142. The first-order valence-corrected chi connectivity index (χ1v) is 7.54. The Bertz CT molecular complexity index is 668. The van der Waals surface area contributed by atoms with Gasteiger partial charge in [-0.15, -0.1) is 0 Å². The molecule has 0 radical (unpaired) electrons. The smallest absolute Gasteiger partial charge is 0.339 e. The van der Waals surface area contributed by atoms with Crippen LogP contribution in [0.25, 0.3) is 0 Å². The molecule has 1 atom stereocenters. The van der Waals surface area contributed by atoms with Crippen molar-refractivity contribution in [3.05, 3.63) is 39.3 Å². The maximum absolute atomic E-state index is 12.2. The van der Waals surface area contributed by atoms with Crippen LogP contribution in [0, 0.1) is 0 Å². The maximum atomic E-state index is 12.2. The number of nitrogens with two attached hydrogens (primary N) is 1. The zero-order chi connectivity index (χ0) is 17.1. The first kappa shape index (κ1) is 17.3. The Balaban J connectivity index is 2.54. The Hall–Kier alpha value is -2.01. The Morgan fingerprint density at radius 3 is 2.65 bits per heavy atom. The van der Waals surface area contributed by atoms with Crippen LogP contribution in [0.5, 0.6) is 0 Å². The van der Waals surface area contributed by atoms with Crippen molar-refractivity contribution in [2.45, 2.75) is 32.9 Å². The van der Waals surface area contributed by atoms with Gasteiger partial charge >= 0.3 is 5.97 Å². The molecule has 0 saturated carbocycles. The van der Waals surface area contributed by atoms with E-state index in [1.807, 2.05) is 0 Å². The summed E-state index contributed by atoms with van der Waals surface area (Å²) >= 11 is 6.15. The lowest BCUT2D eigenvalue weighted by Crippen LogP contribution is -2.32. The zero-order valence-electron chi connectivity index (χ0n) is 13.1. The number of rotatable bonds is 3. The van der Waals surface area contributed by atoms with Gasteiger partial charge in [0.05, 0.1) is 28.3 Å². The zero-order valence-corrected chi connectivity index (χ0v) is 13.9. The van der Waals surface area contributed by atoms with Gasteiger partial charge < -0.3 is 19.9 Å². The van der Waals surface area contributed by atoms with Crippen LogP contribution in [0.1, 0.15) is 20.8 Å². The summed E-state index contributed by atoms with van der Waals surface area (Å²) in [5.74, 6) is 2.02. The minimum Gasteiger partial charge on any atom is -0.491 e. The third-order valence-corrected chi connectivity index (χ3v) is 3.74. The summed E-state index contributed by atoms with van der Waals surface area (Å²) in [6.07, 6.45) is 1.12. The summed E-state index contributed by atoms with van der Waals surface area (Å²) in [7, 11) is 0. The second kappa shape index (κ2) is 7.04. The Kier molecular flexibility index (Phi) is 5.31. The standard InChI is InChI=1S/C16H18ClNO5/c1-8(2)23-16(20)11-6-10(12(7-19)14(18)13(11)17)15-9(3)21-4-5-22-15/h6,8,14H,4-5,18H2,1-3H3. The molecule has 1 heterocycles. The molecular weight excluding hydrogens is 322 g/mol. The summed E-state index contributed by atoms with van der Waals surface area (Å²) in [4.78, 5) is 23.5. The van der Waals surface area contributed by atoms with Gasteiger partial charge in [-0.25, -0.2) is 9.59 Å². The second-order valence-electron chi connectivity index (χ2n) is 5.35. The molecule has 1 unspecified atom stereocenters. The number of allylic oxidation sites excluding steroid dienone is 2. The third-order valence-electron chi connectivity index (χ3n) is 3.31. The number of carbonyl (C=O) groups excluding carboxylic acids is 2. The van der Waals surface area contributed by atoms with Gasteiger partial charge in [-0.2, -0.15) is 0 Å². The van der Waals surface area contributed by atoms with Crippen molar-refractivity contribution in [2.75, 3.05) is 13.2 Å². The molecular formula is C16H18ClNO5. The molecule has 0 amide bonds. The van der Waals surface area contributed by atoms with Gasteiger partial charge in [-0.1, -0.05) is 11.6 Å². The number of hydrogen-bond acceptors (Lipinski definition) is 6. The summed E-state index contributed by atoms with van der Waals surface area (Å²) in [5.41, 5.74) is 6.52. The normalized spacial score (nSPS) is 21.6. The number of esters is 1. The van der Waals surface area contributed by atoms with Crippen LogP contribution >= 0.6 is 11.6 Å². The molecule has 2 aliphatic rings. The summed E-state index contributed by atoms with van der Waals surface area (Å²) in [6, 6.07) is -0.977. The SMILES string of the molecule is CC1=C(C2=CC(C(=O)OC(C)C)=C(Cl)C(N)C2=C=O)OCCO1. The molecule has 124 valence electrons. The van der Waals surface area contributed by atoms with Crippen LogP contribution in [0.3, 0.4) is 0 Å². The van der Waals surface area contributed by atoms with E-state index >= 15 is 0 Å². The second-order valence-corrected chi connectivity index (χ2v) is 5.76. The Labute approximate surface area is 139 Å². The van der Waals surface area contributed by atoms with E-state index in [0.717, 1.165) is 0 Å². The molecule has 0 aromatic carbocycles. The minimum atomic E-state index is -0.977. The number of halogens is 1. The van der Waals surface area contributed by atoms with Crippen molar-refractivity contribution in [3.8, 4) is 0 Å². The van der Waals surface area contributed by atoms with Crippen molar-refractivity contribution in [1.82, 2.24) is 0 Å². The summed E-state index contributed by atoms with van der Waals surface area (Å²) in [5, 5.41) is 0.0349. The number of carbonyl (C=O) groups is 1. The fraction of sp³-hybridized carbons (Fsp3) is 0.438. The molecule has 0 bridgehead atoms. The van der Waals surface area contributed by atoms with E-state index in [2.05, 4.69) is 0 Å². The lowest BCUT2D eigenvalue weighted by Gasteiger charge is -2.27. The predicted molar refractivity (Wildman–Crippen MR) is 84.0 cm³/mol. The third kappa shape index (κ3) is 3.50. The van der Waals surface area contributed by atoms with Crippen molar-refractivity contribution in [2.24, 2.45) is 5.73 Å². The van der Waals surface area contributed by atoms with Crippen LogP contribution in [0.2, 0.25) is 0 Å². The predicted octanol–water partition coefficient (Wildman–Crippen LogP) is 1.73. The van der Waals surface area contributed by atoms with Crippen LogP contribution in [-0.2, 0) is 23.8 Å². The fourth-order valence-corrected chi connectivity index (χ4v) is 2.51. The average molecular weight is 340 g/mol. The van der Waals surface area contributed by atoms with E-state index < -0.39 is 12.0 Å². The van der Waals surface area contributed by atoms with E-state index in [-0.39, 0.29) is 22.3 Å². The van der Waals surface area contributed by atoms with Gasteiger partial charge in [0.15, 0.2) is 5.76 Å². The van der Waals surface area contributed by atoms with Gasteiger partial charge in [0.2, 0.25) is 0 Å². The molecule has 23 heavy (non-hydrogen) atoms. The first-order chi connectivity index (χ1) is 10.9. The molecule has 6 nitrogen and oxygen atoms in total. The molecule has 0 aromatic rings. The van der Waals surface area contributed by atoms with E-state index in [0.29, 0.717) is 30.3 Å². The highest BCUT2D eigenvalue weighted by molar-refractivity contribution is 6.33. The molecule has 1 aliphatic carbocycles. The monoisotopic (exact) mass is 339 g/mol. The van der Waals surface area contributed by atoms with Crippen LogP contribution < -0.4 is 5.73 Å². The molecule has 0 saturated heterocycles. The van der Waals surface area contributed by atoms with E-state index in [4.69, 9.17) is 31.5 Å². The first-order valence-electron chi connectivity index (χ1n) is 7.17. The van der Waals surface area contributed by atoms with Crippen LogP contribution in [0.4, 0.5) is 0 Å². The average Bonchev–Trinajstić information content (AvgIpc) is 2.49. The van der Waals surface area contributed by atoms with E-state index in [1.54, 1.807) is 26.7 Å². The molecule has 0 fully saturated rings. The number of ether oxygens (including phenoxy) is 3. The molecule has 0 spiro atoms. The van der Waals surface area contributed by atoms with Gasteiger partial charge in [-0.3, -0.25) is 0 Å². The quantitative estimate of drug-likeness (QED) is 0.622. The Morgan fingerprint density at radius 2 is 2.09 bits per heavy atom. The highest BCUT2D eigenvalue weighted by Gasteiger charge is 2.33. The van der Waals surface area contributed by atoms with Crippen molar-refractivity contribution in [3.63, 3.8) is 0 Å². The molecule has 2 N–H and O–H groups in total. The topological polar surface area (TPSA) is 87.9 Å². The molecule has 2 rings (SSSR count). The lowest BCUT2D eigenvalue weighted by atomic mass is 9.89. The highest BCUT2D eigenvalue weighted by atomic mass is 35.5.